The smallest absolute Gasteiger partial charge is 0.311 e. The van der Waals surface area contributed by atoms with Crippen LogP contribution in [-0.4, -0.2) is 63.9 Å². The van der Waals surface area contributed by atoms with Crippen molar-refractivity contribution in [3.8, 4) is 0 Å². The number of quaternary nitrogens is 1. The van der Waals surface area contributed by atoms with E-state index in [2.05, 4.69) is 19.1 Å². The molecule has 40 heavy (non-hydrogen) atoms. The van der Waals surface area contributed by atoms with Crippen LogP contribution in [-0.2, 0) is 14.4 Å². The first-order valence-corrected chi connectivity index (χ1v) is 16.2. The molecule has 3 atom stereocenters. The maximum atomic E-state index is 11.6. The van der Waals surface area contributed by atoms with Gasteiger partial charge < -0.3 is 19.8 Å². The normalized spacial score (nSPS) is 15.5. The Hall–Kier alpha value is -1.89. The lowest BCUT2D eigenvalue weighted by molar-refractivity contribution is -0.934. The summed E-state index contributed by atoms with van der Waals surface area (Å²) >= 11 is 0. The number of carboxylic acid groups (broad SMARTS) is 3. The van der Waals surface area contributed by atoms with E-state index in [1.54, 1.807) is 20.8 Å². The molecule has 3 N–H and O–H groups in total. The quantitative estimate of drug-likeness (QED) is 0.0498. The van der Waals surface area contributed by atoms with Crippen LogP contribution in [0.2, 0.25) is 0 Å². The lowest BCUT2D eigenvalue weighted by atomic mass is 10.00. The molecule has 3 unspecified atom stereocenters. The summed E-state index contributed by atoms with van der Waals surface area (Å²) in [4.78, 5) is 34.9. The highest BCUT2D eigenvalue weighted by atomic mass is 16.4. The second-order valence-electron chi connectivity index (χ2n) is 12.3. The maximum absolute atomic E-state index is 11.6. The van der Waals surface area contributed by atoms with Gasteiger partial charge in [0, 0.05) is 0 Å². The Morgan fingerprint density at radius 2 is 0.825 bits per heavy atom. The number of rotatable bonds is 28. The molecular weight excluding hydrogens is 506 g/mol. The van der Waals surface area contributed by atoms with Gasteiger partial charge in [0.15, 0.2) is 0 Å². The Labute approximate surface area is 245 Å². The van der Waals surface area contributed by atoms with E-state index in [4.69, 9.17) is 0 Å². The molecule has 0 aliphatic rings. The molecule has 0 amide bonds. The average molecular weight is 569 g/mol. The lowest BCUT2D eigenvalue weighted by Crippen LogP contribution is -2.57. The zero-order valence-corrected chi connectivity index (χ0v) is 26.2. The second kappa shape index (κ2) is 23.8. The van der Waals surface area contributed by atoms with Crippen molar-refractivity contribution in [1.29, 1.82) is 0 Å². The fourth-order valence-electron chi connectivity index (χ4n) is 5.70. The van der Waals surface area contributed by atoms with E-state index in [-0.39, 0.29) is 24.1 Å². The number of nitrogens with zero attached hydrogens (tertiary/aromatic N) is 1. The molecule has 0 spiro atoms. The number of carboxylic acids is 3. The van der Waals surface area contributed by atoms with Gasteiger partial charge in [0.2, 0.25) is 0 Å². The Balaban J connectivity index is 4.32. The van der Waals surface area contributed by atoms with Crippen molar-refractivity contribution >= 4 is 17.9 Å². The van der Waals surface area contributed by atoms with Gasteiger partial charge in [-0.2, -0.15) is 0 Å². The van der Waals surface area contributed by atoms with Gasteiger partial charge in [-0.05, 0) is 59.3 Å². The predicted molar refractivity (Wildman–Crippen MR) is 163 cm³/mol. The molecule has 0 aromatic heterocycles. The van der Waals surface area contributed by atoms with Gasteiger partial charge in [0.05, 0.1) is 26.2 Å². The van der Waals surface area contributed by atoms with E-state index in [1.807, 2.05) is 0 Å². The number of hydrogen-bond donors (Lipinski definition) is 3. The molecular formula is C33H62NO6+. The Morgan fingerprint density at radius 1 is 0.525 bits per heavy atom. The summed E-state index contributed by atoms with van der Waals surface area (Å²) in [6.45, 7) is 8.49. The van der Waals surface area contributed by atoms with Crippen LogP contribution in [0.4, 0.5) is 0 Å². The van der Waals surface area contributed by atoms with Crippen LogP contribution in [0.5, 0.6) is 0 Å². The number of allylic oxidation sites excluding steroid dienone is 2. The van der Waals surface area contributed by atoms with Crippen molar-refractivity contribution in [3.63, 3.8) is 0 Å². The van der Waals surface area contributed by atoms with Crippen LogP contribution in [0, 0.1) is 17.8 Å². The van der Waals surface area contributed by atoms with Crippen molar-refractivity contribution in [2.24, 2.45) is 17.8 Å². The molecule has 0 aromatic rings. The van der Waals surface area contributed by atoms with Gasteiger partial charge in [0.1, 0.15) is 17.8 Å². The molecule has 7 heteroatoms. The second-order valence-corrected chi connectivity index (χ2v) is 12.3. The molecule has 0 aromatic carbocycles. The minimum atomic E-state index is -0.933. The summed E-state index contributed by atoms with van der Waals surface area (Å²) in [7, 11) is 0. The van der Waals surface area contributed by atoms with E-state index in [1.165, 1.54) is 89.9 Å². The van der Waals surface area contributed by atoms with Crippen molar-refractivity contribution in [3.05, 3.63) is 12.2 Å². The summed E-state index contributed by atoms with van der Waals surface area (Å²) in [6, 6.07) is 0. The van der Waals surface area contributed by atoms with Crippen LogP contribution in [0.15, 0.2) is 12.2 Å². The highest BCUT2D eigenvalue weighted by Gasteiger charge is 2.38. The van der Waals surface area contributed by atoms with E-state index < -0.39 is 35.7 Å². The fraction of sp³-hybridized carbons (Fsp3) is 0.848. The van der Waals surface area contributed by atoms with Crippen molar-refractivity contribution in [2.75, 3.05) is 26.2 Å². The number of carbonyl (C=O) groups is 3. The van der Waals surface area contributed by atoms with Gasteiger partial charge in [-0.1, -0.05) is 89.7 Å². The zero-order chi connectivity index (χ0) is 30.2. The summed E-state index contributed by atoms with van der Waals surface area (Å²) in [6.07, 6.45) is 25.7. The highest BCUT2D eigenvalue weighted by Crippen LogP contribution is 2.22. The minimum absolute atomic E-state index is 0.224. The standard InChI is InChI=1S/C33H61NO6/c1-5-6-7-8-9-10-11-12-13-14-15-16-17-18-19-20-21-22-23-24-34(25-28(2)31(35)36,26-29(3)32(37)38)27-30(4)33(39)40/h12-13,28-30H,5-11,14-27H2,1-4H3,(H2-,35,36,37,38,39,40)/p+1/b13-12+. The lowest BCUT2D eigenvalue weighted by Gasteiger charge is -2.42. The van der Waals surface area contributed by atoms with E-state index in [0.29, 0.717) is 6.54 Å². The van der Waals surface area contributed by atoms with Gasteiger partial charge in [0.25, 0.3) is 0 Å². The third kappa shape index (κ3) is 20.1. The zero-order valence-electron chi connectivity index (χ0n) is 26.2. The monoisotopic (exact) mass is 568 g/mol. The highest BCUT2D eigenvalue weighted by molar-refractivity contribution is 5.70. The number of hydrogen-bond acceptors (Lipinski definition) is 3. The predicted octanol–water partition coefficient (Wildman–Crippen LogP) is 8.17. The average Bonchev–Trinajstić information content (AvgIpc) is 2.89. The number of aliphatic carboxylic acids is 3. The van der Waals surface area contributed by atoms with Gasteiger partial charge in [-0.3, -0.25) is 14.4 Å². The summed E-state index contributed by atoms with van der Waals surface area (Å²) in [5, 5.41) is 28.6. The molecule has 0 fully saturated rings. The maximum Gasteiger partial charge on any atom is 0.311 e. The molecule has 0 aliphatic heterocycles. The Bertz CT molecular complexity index is 652. The molecule has 0 aliphatic carbocycles. The molecule has 0 rings (SSSR count). The van der Waals surface area contributed by atoms with E-state index >= 15 is 0 Å². The third-order valence-electron chi connectivity index (χ3n) is 8.14. The Morgan fingerprint density at radius 3 is 1.15 bits per heavy atom. The molecule has 0 saturated carbocycles. The van der Waals surface area contributed by atoms with Crippen LogP contribution < -0.4 is 0 Å². The van der Waals surface area contributed by atoms with Crippen molar-refractivity contribution in [1.82, 2.24) is 0 Å². The van der Waals surface area contributed by atoms with Crippen LogP contribution >= 0.6 is 0 Å². The van der Waals surface area contributed by atoms with Crippen LogP contribution in [0.25, 0.3) is 0 Å². The molecule has 0 heterocycles. The minimum Gasteiger partial charge on any atom is -0.481 e. The van der Waals surface area contributed by atoms with Gasteiger partial charge >= 0.3 is 17.9 Å². The topological polar surface area (TPSA) is 112 Å². The molecule has 0 saturated heterocycles. The van der Waals surface area contributed by atoms with Crippen LogP contribution in [0.1, 0.15) is 137 Å². The molecule has 0 radical (unpaired) electrons. The Kier molecular flexibility index (Phi) is 22.7. The van der Waals surface area contributed by atoms with Gasteiger partial charge in [-0.15, -0.1) is 0 Å². The number of unbranched alkanes of at least 4 members (excludes halogenated alkanes) is 15. The summed E-state index contributed by atoms with van der Waals surface area (Å²) in [5.41, 5.74) is 0. The van der Waals surface area contributed by atoms with Gasteiger partial charge in [-0.25, -0.2) is 0 Å². The van der Waals surface area contributed by atoms with E-state index in [0.717, 1.165) is 19.3 Å². The molecule has 7 nitrogen and oxygen atoms in total. The first-order valence-electron chi connectivity index (χ1n) is 16.2. The largest absolute Gasteiger partial charge is 0.481 e. The first kappa shape index (κ1) is 38.1. The molecule has 234 valence electrons. The molecule has 0 bridgehead atoms. The first-order chi connectivity index (χ1) is 19.0. The SMILES string of the molecule is CCCCCCCC/C=C/CCCCCCCCCCC[N+](CC(C)C(=O)O)(CC(C)C(=O)O)CC(C)C(=O)O. The third-order valence-corrected chi connectivity index (χ3v) is 8.14. The van der Waals surface area contributed by atoms with Crippen LogP contribution in [0.3, 0.4) is 0 Å². The summed E-state index contributed by atoms with van der Waals surface area (Å²) in [5.74, 6) is -4.80. The van der Waals surface area contributed by atoms with Crippen molar-refractivity contribution < 1.29 is 34.2 Å². The fourth-order valence-corrected chi connectivity index (χ4v) is 5.70. The van der Waals surface area contributed by atoms with E-state index in [9.17, 15) is 29.7 Å². The summed E-state index contributed by atoms with van der Waals surface area (Å²) < 4.78 is 0.224. The van der Waals surface area contributed by atoms with Crippen molar-refractivity contribution in [2.45, 2.75) is 137 Å².